The van der Waals surface area contributed by atoms with Crippen LogP contribution < -0.4 is 10.1 Å². The van der Waals surface area contributed by atoms with Crippen molar-refractivity contribution >= 4 is 46.1 Å². The standard InChI is InChI=1S/C27H24FN3O5S/c1-35-22-13-3-17(4-14-22)16-31-25(33)23(37-27(31)30-21-11-7-19(28)8-12-21)15-24(32)29-20-9-5-18(6-10-20)26(34)36-2/h3-14,23H,15-16H2,1-2H3,(H,29,32). The third-order valence-corrected chi connectivity index (χ3v) is 6.71. The molecule has 0 radical (unpaired) electrons. The van der Waals surface area contributed by atoms with Crippen LogP contribution in [0.2, 0.25) is 0 Å². The molecule has 0 aromatic heterocycles. The predicted molar refractivity (Wildman–Crippen MR) is 139 cm³/mol. The molecule has 1 saturated heterocycles. The molecule has 190 valence electrons. The summed E-state index contributed by atoms with van der Waals surface area (Å²) in [5.74, 6) is -0.777. The van der Waals surface area contributed by atoms with Gasteiger partial charge in [0, 0.05) is 12.1 Å². The highest BCUT2D eigenvalue weighted by atomic mass is 32.2. The molecular weight excluding hydrogens is 497 g/mol. The number of rotatable bonds is 8. The summed E-state index contributed by atoms with van der Waals surface area (Å²) in [5.41, 5.74) is 2.20. The Morgan fingerprint density at radius 1 is 1.00 bits per heavy atom. The van der Waals surface area contributed by atoms with Crippen molar-refractivity contribution in [2.24, 2.45) is 4.99 Å². The lowest BCUT2D eigenvalue weighted by atomic mass is 10.2. The molecule has 1 aliphatic rings. The Labute approximate surface area is 217 Å². The van der Waals surface area contributed by atoms with Crippen LogP contribution in [0.4, 0.5) is 15.8 Å². The topological polar surface area (TPSA) is 97.3 Å². The molecule has 3 aromatic rings. The van der Waals surface area contributed by atoms with Crippen LogP contribution >= 0.6 is 11.8 Å². The Hall–Kier alpha value is -4.18. The van der Waals surface area contributed by atoms with Crippen molar-refractivity contribution in [1.82, 2.24) is 4.90 Å². The van der Waals surface area contributed by atoms with Gasteiger partial charge in [-0.3, -0.25) is 14.5 Å². The Bertz CT molecular complexity index is 1310. The maximum atomic E-state index is 13.4. The van der Waals surface area contributed by atoms with E-state index in [4.69, 9.17) is 4.74 Å². The minimum absolute atomic E-state index is 0.0796. The molecular formula is C27H24FN3O5S. The van der Waals surface area contributed by atoms with Gasteiger partial charge in [-0.25, -0.2) is 14.2 Å². The number of ether oxygens (including phenoxy) is 2. The van der Waals surface area contributed by atoms with Gasteiger partial charge in [-0.1, -0.05) is 23.9 Å². The molecule has 10 heteroatoms. The number of halogens is 1. The van der Waals surface area contributed by atoms with Gasteiger partial charge in [0.05, 0.1) is 32.0 Å². The van der Waals surface area contributed by atoms with Gasteiger partial charge in [-0.15, -0.1) is 0 Å². The van der Waals surface area contributed by atoms with E-state index in [0.29, 0.717) is 27.9 Å². The molecule has 1 heterocycles. The van der Waals surface area contributed by atoms with Gasteiger partial charge in [0.2, 0.25) is 11.8 Å². The summed E-state index contributed by atoms with van der Waals surface area (Å²) >= 11 is 1.19. The molecule has 37 heavy (non-hydrogen) atoms. The third kappa shape index (κ3) is 6.53. The second-order valence-corrected chi connectivity index (χ2v) is 9.24. The highest BCUT2D eigenvalue weighted by molar-refractivity contribution is 8.15. The number of esters is 1. The number of carbonyl (C=O) groups excluding carboxylic acids is 3. The van der Waals surface area contributed by atoms with Crippen LogP contribution in [0.1, 0.15) is 22.3 Å². The molecule has 0 spiro atoms. The average Bonchev–Trinajstić information content (AvgIpc) is 3.19. The van der Waals surface area contributed by atoms with E-state index in [-0.39, 0.29) is 30.6 Å². The van der Waals surface area contributed by atoms with E-state index in [1.807, 2.05) is 12.1 Å². The molecule has 1 fully saturated rings. The lowest BCUT2D eigenvalue weighted by molar-refractivity contribution is -0.128. The van der Waals surface area contributed by atoms with Crippen LogP contribution in [0.3, 0.4) is 0 Å². The molecule has 0 aliphatic carbocycles. The number of carbonyl (C=O) groups is 3. The highest BCUT2D eigenvalue weighted by Gasteiger charge is 2.39. The quantitative estimate of drug-likeness (QED) is 0.429. The SMILES string of the molecule is COC(=O)c1ccc(NC(=O)CC2SC(=Nc3ccc(F)cc3)N(Cc3ccc(OC)cc3)C2=O)cc1. The van der Waals surface area contributed by atoms with E-state index in [0.717, 1.165) is 5.56 Å². The molecule has 3 aromatic carbocycles. The summed E-state index contributed by atoms with van der Waals surface area (Å²) in [6.45, 7) is 0.253. The molecule has 1 N–H and O–H groups in total. The summed E-state index contributed by atoms with van der Waals surface area (Å²) in [4.78, 5) is 43.8. The maximum Gasteiger partial charge on any atom is 0.337 e. The van der Waals surface area contributed by atoms with E-state index in [9.17, 15) is 18.8 Å². The monoisotopic (exact) mass is 521 g/mol. The van der Waals surface area contributed by atoms with E-state index in [2.05, 4.69) is 15.0 Å². The normalized spacial score (nSPS) is 16.1. The van der Waals surface area contributed by atoms with Gasteiger partial charge in [0.15, 0.2) is 5.17 Å². The first kappa shape index (κ1) is 25.9. The van der Waals surface area contributed by atoms with Crippen molar-refractivity contribution in [3.8, 4) is 5.75 Å². The van der Waals surface area contributed by atoms with Crippen molar-refractivity contribution in [3.05, 3.63) is 89.7 Å². The molecule has 1 aliphatic heterocycles. The molecule has 4 rings (SSSR count). The summed E-state index contributed by atoms with van der Waals surface area (Å²) in [5, 5.41) is 2.49. The molecule has 8 nitrogen and oxygen atoms in total. The zero-order valence-electron chi connectivity index (χ0n) is 20.1. The Morgan fingerprint density at radius 2 is 1.68 bits per heavy atom. The fourth-order valence-corrected chi connectivity index (χ4v) is 4.76. The third-order valence-electron chi connectivity index (χ3n) is 5.53. The second-order valence-electron chi connectivity index (χ2n) is 8.07. The first-order chi connectivity index (χ1) is 17.9. The smallest absolute Gasteiger partial charge is 0.337 e. The van der Waals surface area contributed by atoms with Crippen LogP contribution in [0.25, 0.3) is 0 Å². The summed E-state index contributed by atoms with van der Waals surface area (Å²) in [7, 11) is 2.87. The minimum atomic E-state index is -0.688. The number of hydrogen-bond acceptors (Lipinski definition) is 7. The lowest BCUT2D eigenvalue weighted by Gasteiger charge is -2.17. The van der Waals surface area contributed by atoms with Gasteiger partial charge in [-0.05, 0) is 66.2 Å². The second kappa shape index (κ2) is 11.7. The first-order valence-corrected chi connectivity index (χ1v) is 12.2. The number of amides is 2. The Kier molecular flexibility index (Phi) is 8.19. The van der Waals surface area contributed by atoms with Gasteiger partial charge < -0.3 is 14.8 Å². The van der Waals surface area contributed by atoms with Crippen molar-refractivity contribution < 1.29 is 28.2 Å². The number of thioether (sulfide) groups is 1. The van der Waals surface area contributed by atoms with Gasteiger partial charge in [-0.2, -0.15) is 0 Å². The summed E-state index contributed by atoms with van der Waals surface area (Å²) in [6.07, 6.45) is -0.0796. The summed E-state index contributed by atoms with van der Waals surface area (Å²) in [6, 6.07) is 19.2. The van der Waals surface area contributed by atoms with Crippen molar-refractivity contribution in [3.63, 3.8) is 0 Å². The van der Waals surface area contributed by atoms with Crippen LogP contribution in [-0.4, -0.2) is 47.3 Å². The van der Waals surface area contributed by atoms with Gasteiger partial charge >= 0.3 is 5.97 Å². The van der Waals surface area contributed by atoms with Crippen LogP contribution in [0, 0.1) is 5.82 Å². The largest absolute Gasteiger partial charge is 0.497 e. The number of methoxy groups -OCH3 is 2. The number of nitrogens with one attached hydrogen (secondary N) is 1. The molecule has 2 amide bonds. The van der Waals surface area contributed by atoms with Crippen LogP contribution in [0.5, 0.6) is 5.75 Å². The molecule has 1 unspecified atom stereocenters. The fraction of sp³-hybridized carbons (Fsp3) is 0.185. The number of anilines is 1. The Morgan fingerprint density at radius 3 is 2.30 bits per heavy atom. The number of benzene rings is 3. The number of nitrogens with zero attached hydrogens (tertiary/aromatic N) is 2. The summed E-state index contributed by atoms with van der Waals surface area (Å²) < 4.78 is 23.2. The molecule has 0 bridgehead atoms. The van der Waals surface area contributed by atoms with E-state index < -0.39 is 11.2 Å². The predicted octanol–water partition coefficient (Wildman–Crippen LogP) is 4.78. The number of amidine groups is 1. The zero-order chi connectivity index (χ0) is 26.4. The average molecular weight is 522 g/mol. The van der Waals surface area contributed by atoms with E-state index >= 15 is 0 Å². The molecule has 1 atom stereocenters. The van der Waals surface area contributed by atoms with Crippen molar-refractivity contribution in [1.29, 1.82) is 0 Å². The first-order valence-electron chi connectivity index (χ1n) is 11.3. The fourth-order valence-electron chi connectivity index (χ4n) is 3.60. The highest BCUT2D eigenvalue weighted by Crippen LogP contribution is 2.33. The lowest BCUT2D eigenvalue weighted by Crippen LogP contribution is -2.33. The zero-order valence-corrected chi connectivity index (χ0v) is 21.0. The Balaban J connectivity index is 1.50. The van der Waals surface area contributed by atoms with Crippen LogP contribution in [-0.2, 0) is 20.9 Å². The van der Waals surface area contributed by atoms with E-state index in [1.165, 1.54) is 48.0 Å². The molecule has 0 saturated carbocycles. The number of hydrogen-bond donors (Lipinski definition) is 1. The van der Waals surface area contributed by atoms with Crippen molar-refractivity contribution in [2.45, 2.75) is 18.2 Å². The van der Waals surface area contributed by atoms with E-state index in [1.54, 1.807) is 43.5 Å². The van der Waals surface area contributed by atoms with Gasteiger partial charge in [0.25, 0.3) is 0 Å². The van der Waals surface area contributed by atoms with Gasteiger partial charge in [0.1, 0.15) is 16.8 Å². The maximum absolute atomic E-state index is 13.4. The van der Waals surface area contributed by atoms with Crippen LogP contribution in [0.15, 0.2) is 77.8 Å². The number of aliphatic imine (C=N–C) groups is 1. The minimum Gasteiger partial charge on any atom is -0.497 e. The van der Waals surface area contributed by atoms with Crippen molar-refractivity contribution in [2.75, 3.05) is 19.5 Å².